The summed E-state index contributed by atoms with van der Waals surface area (Å²) < 4.78 is 1.90. The molecule has 0 heterocycles. The molecule has 0 radical (unpaired) electrons. The van der Waals surface area contributed by atoms with Crippen LogP contribution in [0.3, 0.4) is 0 Å². The van der Waals surface area contributed by atoms with Crippen molar-refractivity contribution in [1.29, 1.82) is 0 Å². The van der Waals surface area contributed by atoms with E-state index < -0.39 is 6.10 Å². The Hall–Kier alpha value is -0.640. The summed E-state index contributed by atoms with van der Waals surface area (Å²) in [5.74, 6) is 0.645. The lowest BCUT2D eigenvalue weighted by Gasteiger charge is -2.14. The van der Waals surface area contributed by atoms with E-state index in [0.29, 0.717) is 5.92 Å². The van der Waals surface area contributed by atoms with E-state index in [2.05, 4.69) is 57.8 Å². The molecule has 1 nitrogen and oxygen atoms in total. The molecule has 0 aliphatic carbocycles. The van der Waals surface area contributed by atoms with Gasteiger partial charge in [0.25, 0.3) is 0 Å². The molecule has 0 bridgehead atoms. The predicted octanol–water partition coefficient (Wildman–Crippen LogP) is 5.49. The number of hydrogen-bond donors (Lipinski definition) is 1. The highest BCUT2D eigenvalue weighted by Gasteiger charge is 2.13. The number of benzene rings is 2. The van der Waals surface area contributed by atoms with Gasteiger partial charge in [-0.3, -0.25) is 0 Å². The Labute approximate surface area is 137 Å². The molecule has 2 rings (SSSR count). The van der Waals surface area contributed by atoms with Gasteiger partial charge in [0.15, 0.2) is 0 Å². The Morgan fingerprint density at radius 2 is 1.65 bits per heavy atom. The van der Waals surface area contributed by atoms with Crippen LogP contribution in [0.25, 0.3) is 0 Å². The SMILES string of the molecule is CC(C)Cc1ccc(C(O)c2ccc(Br)cc2Br)cc1. The van der Waals surface area contributed by atoms with Crippen molar-refractivity contribution in [3.05, 3.63) is 68.1 Å². The minimum absolute atomic E-state index is 0.606. The van der Waals surface area contributed by atoms with E-state index in [-0.39, 0.29) is 0 Å². The lowest BCUT2D eigenvalue weighted by molar-refractivity contribution is 0.219. The molecule has 1 N–H and O–H groups in total. The molecule has 3 heteroatoms. The summed E-state index contributed by atoms with van der Waals surface area (Å²) in [6.45, 7) is 4.42. The molecule has 20 heavy (non-hydrogen) atoms. The van der Waals surface area contributed by atoms with Gasteiger partial charge in [0, 0.05) is 8.95 Å². The van der Waals surface area contributed by atoms with E-state index in [4.69, 9.17) is 0 Å². The molecule has 0 saturated carbocycles. The molecular weight excluding hydrogens is 380 g/mol. The molecule has 0 fully saturated rings. The van der Waals surface area contributed by atoms with E-state index in [1.165, 1.54) is 5.56 Å². The van der Waals surface area contributed by atoms with E-state index in [9.17, 15) is 5.11 Å². The second kappa shape index (κ2) is 6.88. The van der Waals surface area contributed by atoms with Crippen LogP contribution in [0.5, 0.6) is 0 Å². The van der Waals surface area contributed by atoms with Gasteiger partial charge in [-0.25, -0.2) is 0 Å². The second-order valence-corrected chi connectivity index (χ2v) is 7.18. The maximum atomic E-state index is 10.5. The van der Waals surface area contributed by atoms with E-state index in [1.807, 2.05) is 30.3 Å². The standard InChI is InChI=1S/C17H18Br2O/c1-11(2)9-12-3-5-13(6-4-12)17(20)15-8-7-14(18)10-16(15)19/h3-8,10-11,17,20H,9H2,1-2H3. The fraction of sp³-hybridized carbons (Fsp3) is 0.294. The average molecular weight is 398 g/mol. The molecule has 0 aliphatic heterocycles. The molecule has 1 atom stereocenters. The van der Waals surface area contributed by atoms with Gasteiger partial charge in [-0.05, 0) is 41.2 Å². The number of hydrogen-bond acceptors (Lipinski definition) is 1. The van der Waals surface area contributed by atoms with E-state index >= 15 is 0 Å². The van der Waals surface area contributed by atoms with E-state index in [0.717, 1.165) is 26.5 Å². The third-order valence-electron chi connectivity index (χ3n) is 3.20. The Bertz CT molecular complexity index is 576. The van der Waals surface area contributed by atoms with Gasteiger partial charge < -0.3 is 5.11 Å². The number of halogens is 2. The van der Waals surface area contributed by atoms with Crippen molar-refractivity contribution in [1.82, 2.24) is 0 Å². The number of aliphatic hydroxyl groups is 1. The summed E-state index contributed by atoms with van der Waals surface area (Å²) in [6, 6.07) is 14.0. The first kappa shape index (κ1) is 15.7. The highest BCUT2D eigenvalue weighted by Crippen LogP contribution is 2.31. The van der Waals surface area contributed by atoms with Crippen LogP contribution in [-0.4, -0.2) is 5.11 Å². The maximum Gasteiger partial charge on any atom is 0.105 e. The van der Waals surface area contributed by atoms with Crippen molar-refractivity contribution in [3.8, 4) is 0 Å². The molecule has 0 amide bonds. The quantitative estimate of drug-likeness (QED) is 0.722. The van der Waals surface area contributed by atoms with Crippen molar-refractivity contribution in [2.45, 2.75) is 26.4 Å². The molecule has 0 aliphatic rings. The van der Waals surface area contributed by atoms with Crippen LogP contribution >= 0.6 is 31.9 Å². The second-order valence-electron chi connectivity index (χ2n) is 5.41. The summed E-state index contributed by atoms with van der Waals surface area (Å²) in [4.78, 5) is 0. The number of rotatable bonds is 4. The summed E-state index contributed by atoms with van der Waals surface area (Å²) in [5.41, 5.74) is 3.11. The van der Waals surface area contributed by atoms with Crippen LogP contribution in [0, 0.1) is 5.92 Å². The highest BCUT2D eigenvalue weighted by molar-refractivity contribution is 9.11. The minimum Gasteiger partial charge on any atom is -0.384 e. The van der Waals surface area contributed by atoms with Crippen LogP contribution < -0.4 is 0 Å². The highest BCUT2D eigenvalue weighted by atomic mass is 79.9. The molecule has 2 aromatic carbocycles. The number of aliphatic hydroxyl groups excluding tert-OH is 1. The minimum atomic E-state index is -0.606. The van der Waals surface area contributed by atoms with Gasteiger partial charge in [-0.2, -0.15) is 0 Å². The van der Waals surface area contributed by atoms with Crippen molar-refractivity contribution in [3.63, 3.8) is 0 Å². The van der Waals surface area contributed by atoms with Crippen molar-refractivity contribution < 1.29 is 5.11 Å². The van der Waals surface area contributed by atoms with Crippen molar-refractivity contribution in [2.75, 3.05) is 0 Å². The smallest absolute Gasteiger partial charge is 0.105 e. The average Bonchev–Trinajstić information content (AvgIpc) is 2.38. The van der Waals surface area contributed by atoms with Gasteiger partial charge in [0.2, 0.25) is 0 Å². The Balaban J connectivity index is 2.22. The molecular formula is C17H18Br2O. The topological polar surface area (TPSA) is 20.2 Å². The van der Waals surface area contributed by atoms with Crippen molar-refractivity contribution >= 4 is 31.9 Å². The summed E-state index contributed by atoms with van der Waals surface area (Å²) in [5, 5.41) is 10.5. The first-order chi connectivity index (χ1) is 9.47. The first-order valence-electron chi connectivity index (χ1n) is 6.69. The maximum absolute atomic E-state index is 10.5. The zero-order chi connectivity index (χ0) is 14.7. The summed E-state index contributed by atoms with van der Waals surface area (Å²) in [7, 11) is 0. The molecule has 2 aromatic rings. The van der Waals surface area contributed by atoms with Crippen LogP contribution in [0.15, 0.2) is 51.4 Å². The first-order valence-corrected chi connectivity index (χ1v) is 8.28. The van der Waals surface area contributed by atoms with Crippen LogP contribution in [0.1, 0.15) is 36.6 Å². The van der Waals surface area contributed by atoms with Crippen LogP contribution in [-0.2, 0) is 6.42 Å². The third-order valence-corrected chi connectivity index (χ3v) is 4.38. The van der Waals surface area contributed by atoms with Crippen LogP contribution in [0.4, 0.5) is 0 Å². The Kier molecular flexibility index (Phi) is 5.42. The lowest BCUT2D eigenvalue weighted by atomic mass is 9.97. The fourth-order valence-corrected chi connectivity index (χ4v) is 3.47. The lowest BCUT2D eigenvalue weighted by Crippen LogP contribution is -2.01. The zero-order valence-corrected chi connectivity index (χ0v) is 14.8. The van der Waals surface area contributed by atoms with Gasteiger partial charge in [0.1, 0.15) is 6.10 Å². The zero-order valence-electron chi connectivity index (χ0n) is 11.6. The Morgan fingerprint density at radius 1 is 1.00 bits per heavy atom. The summed E-state index contributed by atoms with van der Waals surface area (Å²) >= 11 is 6.92. The van der Waals surface area contributed by atoms with E-state index in [1.54, 1.807) is 0 Å². The van der Waals surface area contributed by atoms with Gasteiger partial charge in [-0.15, -0.1) is 0 Å². The summed E-state index contributed by atoms with van der Waals surface area (Å²) in [6.07, 6.45) is 0.462. The van der Waals surface area contributed by atoms with Gasteiger partial charge in [0.05, 0.1) is 0 Å². The van der Waals surface area contributed by atoms with Crippen molar-refractivity contribution in [2.24, 2.45) is 5.92 Å². The molecule has 1 unspecified atom stereocenters. The third kappa shape index (κ3) is 3.94. The fourth-order valence-electron chi connectivity index (χ4n) is 2.21. The van der Waals surface area contributed by atoms with Crippen LogP contribution in [0.2, 0.25) is 0 Å². The normalized spacial score (nSPS) is 12.7. The monoisotopic (exact) mass is 396 g/mol. The molecule has 0 spiro atoms. The Morgan fingerprint density at radius 3 is 2.20 bits per heavy atom. The largest absolute Gasteiger partial charge is 0.384 e. The molecule has 106 valence electrons. The predicted molar refractivity (Wildman–Crippen MR) is 90.9 cm³/mol. The molecule has 0 aromatic heterocycles. The van der Waals surface area contributed by atoms with Gasteiger partial charge >= 0.3 is 0 Å². The molecule has 0 saturated heterocycles. The van der Waals surface area contributed by atoms with Gasteiger partial charge in [-0.1, -0.05) is 76.0 Å².